The lowest BCUT2D eigenvalue weighted by Crippen LogP contribution is -2.03. The van der Waals surface area contributed by atoms with Crippen molar-refractivity contribution >= 4 is 17.7 Å². The molecule has 19 heavy (non-hydrogen) atoms. The van der Waals surface area contributed by atoms with Crippen molar-refractivity contribution in [2.45, 2.75) is 32.0 Å². The molecular weight excluding hydrogens is 266 g/mol. The van der Waals surface area contributed by atoms with Crippen molar-refractivity contribution in [1.82, 2.24) is 14.8 Å². The van der Waals surface area contributed by atoms with Crippen molar-refractivity contribution in [2.75, 3.05) is 5.75 Å². The van der Waals surface area contributed by atoms with Gasteiger partial charge in [-0.15, -0.1) is 10.2 Å². The first-order valence-corrected chi connectivity index (χ1v) is 7.01. The molecule has 2 heterocycles. The van der Waals surface area contributed by atoms with Gasteiger partial charge >= 0.3 is 5.97 Å². The van der Waals surface area contributed by atoms with Crippen molar-refractivity contribution < 1.29 is 14.3 Å². The van der Waals surface area contributed by atoms with E-state index >= 15 is 0 Å². The molecular formula is C12H15N3O3S. The summed E-state index contributed by atoms with van der Waals surface area (Å²) in [5.74, 6) is 1.28. The average molecular weight is 281 g/mol. The maximum absolute atomic E-state index is 10.6. The second-order valence-corrected chi connectivity index (χ2v) is 4.79. The number of hydrogen-bond donors (Lipinski definition) is 1. The van der Waals surface area contributed by atoms with Crippen molar-refractivity contribution in [3.63, 3.8) is 0 Å². The summed E-state index contributed by atoms with van der Waals surface area (Å²) in [6.07, 6.45) is 0.820. The van der Waals surface area contributed by atoms with Crippen molar-refractivity contribution in [3.8, 4) is 11.6 Å². The molecule has 0 amide bonds. The molecule has 1 N–H and O–H groups in total. The van der Waals surface area contributed by atoms with Crippen molar-refractivity contribution in [2.24, 2.45) is 0 Å². The third kappa shape index (κ3) is 2.98. The molecule has 2 aromatic rings. The first kappa shape index (κ1) is 13.7. The number of hydrogen-bond acceptors (Lipinski definition) is 5. The Hall–Kier alpha value is -1.76. The van der Waals surface area contributed by atoms with Crippen LogP contribution in [-0.4, -0.2) is 31.6 Å². The molecule has 0 fully saturated rings. The lowest BCUT2D eigenvalue weighted by molar-refractivity contribution is -0.133. The summed E-state index contributed by atoms with van der Waals surface area (Å²) in [5.41, 5.74) is 0. The molecule has 0 aromatic carbocycles. The Morgan fingerprint density at radius 2 is 2.21 bits per heavy atom. The second-order valence-electron chi connectivity index (χ2n) is 3.85. The van der Waals surface area contributed by atoms with E-state index in [-0.39, 0.29) is 5.75 Å². The first-order chi connectivity index (χ1) is 9.15. The molecule has 0 unspecified atom stereocenters. The van der Waals surface area contributed by atoms with Gasteiger partial charge in [-0.25, -0.2) is 0 Å². The number of furan rings is 1. The average Bonchev–Trinajstić information content (AvgIpc) is 3.01. The summed E-state index contributed by atoms with van der Waals surface area (Å²) < 4.78 is 7.50. The van der Waals surface area contributed by atoms with Crippen molar-refractivity contribution in [3.05, 3.63) is 17.9 Å². The second kappa shape index (κ2) is 5.92. The number of aliphatic carboxylic acids is 1. The fraction of sp³-hybridized carbons (Fsp3) is 0.417. The normalized spacial score (nSPS) is 10.8. The van der Waals surface area contributed by atoms with Gasteiger partial charge in [0.15, 0.2) is 16.7 Å². The van der Waals surface area contributed by atoms with Gasteiger partial charge in [0.25, 0.3) is 0 Å². The zero-order chi connectivity index (χ0) is 13.8. The molecule has 2 rings (SSSR count). The van der Waals surface area contributed by atoms with Crippen LogP contribution >= 0.6 is 11.8 Å². The Balaban J connectivity index is 2.28. The van der Waals surface area contributed by atoms with Crippen LogP contribution < -0.4 is 0 Å². The predicted octanol–water partition coefficient (Wildman–Crippen LogP) is 2.30. The van der Waals surface area contributed by atoms with Gasteiger partial charge in [-0.2, -0.15) is 0 Å². The Morgan fingerprint density at radius 3 is 2.79 bits per heavy atom. The summed E-state index contributed by atoms with van der Waals surface area (Å²) in [7, 11) is 0. The molecule has 0 atom stereocenters. The largest absolute Gasteiger partial charge is 0.481 e. The van der Waals surface area contributed by atoms with Gasteiger partial charge < -0.3 is 9.52 Å². The van der Waals surface area contributed by atoms with E-state index in [1.165, 1.54) is 0 Å². The Bertz CT molecular complexity index is 577. The number of nitrogens with zero attached hydrogens (tertiary/aromatic N) is 3. The molecule has 7 heteroatoms. The van der Waals surface area contributed by atoms with E-state index in [2.05, 4.69) is 10.2 Å². The molecule has 2 aromatic heterocycles. The molecule has 0 aliphatic heterocycles. The maximum atomic E-state index is 10.6. The van der Waals surface area contributed by atoms with Crippen LogP contribution in [0.1, 0.15) is 19.6 Å². The number of rotatable bonds is 6. The van der Waals surface area contributed by atoms with Crippen LogP contribution in [-0.2, 0) is 17.8 Å². The highest BCUT2D eigenvalue weighted by molar-refractivity contribution is 7.99. The van der Waals surface area contributed by atoms with Crippen LogP contribution in [0.3, 0.4) is 0 Å². The summed E-state index contributed by atoms with van der Waals surface area (Å²) in [6, 6.07) is 3.77. The zero-order valence-corrected chi connectivity index (χ0v) is 11.6. The van der Waals surface area contributed by atoms with Crippen LogP contribution in [0.15, 0.2) is 21.7 Å². The Morgan fingerprint density at radius 1 is 1.42 bits per heavy atom. The van der Waals surface area contributed by atoms with Crippen LogP contribution in [0.5, 0.6) is 0 Å². The third-order valence-electron chi connectivity index (χ3n) is 2.59. The summed E-state index contributed by atoms with van der Waals surface area (Å²) in [4.78, 5) is 10.6. The van der Waals surface area contributed by atoms with E-state index in [1.807, 2.05) is 30.5 Å². The minimum absolute atomic E-state index is 0.0313. The molecule has 6 nitrogen and oxygen atoms in total. The SMILES string of the molecule is CCc1ccc(-c2nnc(SCC(=O)O)n2CC)o1. The summed E-state index contributed by atoms with van der Waals surface area (Å²) in [6.45, 7) is 4.63. The summed E-state index contributed by atoms with van der Waals surface area (Å²) >= 11 is 1.16. The smallest absolute Gasteiger partial charge is 0.313 e. The number of thioether (sulfide) groups is 1. The molecule has 0 spiro atoms. The predicted molar refractivity (Wildman–Crippen MR) is 71.1 cm³/mol. The van der Waals surface area contributed by atoms with Gasteiger partial charge in [-0.05, 0) is 19.1 Å². The topological polar surface area (TPSA) is 81.1 Å². The van der Waals surface area contributed by atoms with Crippen LogP contribution in [0.4, 0.5) is 0 Å². The highest BCUT2D eigenvalue weighted by atomic mass is 32.2. The molecule has 0 radical (unpaired) electrons. The fourth-order valence-corrected chi connectivity index (χ4v) is 2.40. The quantitative estimate of drug-likeness (QED) is 0.818. The molecule has 0 saturated heterocycles. The van der Waals surface area contributed by atoms with E-state index in [9.17, 15) is 4.79 Å². The van der Waals surface area contributed by atoms with Crippen LogP contribution in [0, 0.1) is 0 Å². The molecule has 0 aliphatic carbocycles. The number of carboxylic acids is 1. The molecule has 0 bridgehead atoms. The van der Waals surface area contributed by atoms with E-state index < -0.39 is 5.97 Å². The van der Waals surface area contributed by atoms with E-state index in [0.717, 1.165) is 23.9 Å². The minimum Gasteiger partial charge on any atom is -0.481 e. The Kier molecular flexibility index (Phi) is 4.26. The van der Waals surface area contributed by atoms with Gasteiger partial charge in [0.2, 0.25) is 0 Å². The summed E-state index contributed by atoms with van der Waals surface area (Å²) in [5, 5.41) is 17.4. The first-order valence-electron chi connectivity index (χ1n) is 6.02. The monoisotopic (exact) mass is 281 g/mol. The standard InChI is InChI=1S/C12H15N3O3S/c1-3-8-5-6-9(18-8)11-13-14-12(15(11)4-2)19-7-10(16)17/h5-6H,3-4,7H2,1-2H3,(H,16,17). The van der Waals surface area contributed by atoms with Gasteiger partial charge in [-0.1, -0.05) is 18.7 Å². The lowest BCUT2D eigenvalue weighted by Gasteiger charge is -2.04. The van der Waals surface area contributed by atoms with Crippen LogP contribution in [0.25, 0.3) is 11.6 Å². The zero-order valence-electron chi connectivity index (χ0n) is 10.8. The molecule has 0 saturated carbocycles. The number of carboxylic acid groups (broad SMARTS) is 1. The number of carbonyl (C=O) groups is 1. The number of aromatic nitrogens is 3. The van der Waals surface area contributed by atoms with Gasteiger partial charge in [0.1, 0.15) is 5.76 Å². The lowest BCUT2D eigenvalue weighted by atomic mass is 10.3. The molecule has 0 aliphatic rings. The van der Waals surface area contributed by atoms with Crippen LogP contribution in [0.2, 0.25) is 0 Å². The van der Waals surface area contributed by atoms with Gasteiger partial charge in [0.05, 0.1) is 5.75 Å². The maximum Gasteiger partial charge on any atom is 0.313 e. The van der Waals surface area contributed by atoms with Crippen molar-refractivity contribution in [1.29, 1.82) is 0 Å². The van der Waals surface area contributed by atoms with E-state index in [1.54, 1.807) is 0 Å². The fourth-order valence-electron chi connectivity index (χ4n) is 1.68. The van der Waals surface area contributed by atoms with E-state index in [4.69, 9.17) is 9.52 Å². The number of aryl methyl sites for hydroxylation is 1. The minimum atomic E-state index is -0.872. The Labute approximate surface area is 114 Å². The third-order valence-corrected chi connectivity index (χ3v) is 3.54. The van der Waals surface area contributed by atoms with Gasteiger partial charge in [0, 0.05) is 13.0 Å². The highest BCUT2D eigenvalue weighted by Crippen LogP contribution is 2.25. The van der Waals surface area contributed by atoms with Gasteiger partial charge in [-0.3, -0.25) is 9.36 Å². The highest BCUT2D eigenvalue weighted by Gasteiger charge is 2.16. The molecule has 102 valence electrons. The van der Waals surface area contributed by atoms with E-state index in [0.29, 0.717) is 23.3 Å².